The first-order valence-electron chi connectivity index (χ1n) is 5.87. The second-order valence-corrected chi connectivity index (χ2v) is 4.04. The van der Waals surface area contributed by atoms with Gasteiger partial charge in [0, 0.05) is 19.9 Å². The highest BCUT2D eigenvalue weighted by Crippen LogP contribution is 2.14. The van der Waals surface area contributed by atoms with Crippen molar-refractivity contribution in [1.29, 1.82) is 0 Å². The summed E-state index contributed by atoms with van der Waals surface area (Å²) < 4.78 is 0. The number of ketones is 2. The number of benzene rings is 1. The highest BCUT2D eigenvalue weighted by Gasteiger charge is 2.04. The maximum atomic E-state index is 10.8. The Labute approximate surface area is 116 Å². The fourth-order valence-electron chi connectivity index (χ4n) is 1.32. The summed E-state index contributed by atoms with van der Waals surface area (Å²) in [4.78, 5) is 25.6. The normalized spacial score (nSPS) is 9.30. The van der Waals surface area contributed by atoms with Crippen LogP contribution < -0.4 is 0 Å². The molecule has 5 nitrogen and oxygen atoms in total. The Morgan fingerprint density at radius 3 is 1.55 bits per heavy atom. The minimum Gasteiger partial charge on any atom is -0.508 e. The van der Waals surface area contributed by atoms with Crippen LogP contribution in [0.25, 0.3) is 0 Å². The van der Waals surface area contributed by atoms with Crippen LogP contribution in [-0.2, 0) is 0 Å². The quantitative estimate of drug-likeness (QED) is 0.821. The highest BCUT2D eigenvalue weighted by atomic mass is 16.3. The van der Waals surface area contributed by atoms with Crippen molar-refractivity contribution >= 4 is 11.6 Å². The van der Waals surface area contributed by atoms with Gasteiger partial charge in [0.1, 0.15) is 22.9 Å². The van der Waals surface area contributed by atoms with Crippen molar-refractivity contribution in [2.24, 2.45) is 0 Å². The Balaban J connectivity index is 0.000000217. The van der Waals surface area contributed by atoms with Crippen molar-refractivity contribution in [3.8, 4) is 11.5 Å². The Morgan fingerprint density at radius 2 is 1.25 bits per heavy atom. The van der Waals surface area contributed by atoms with Crippen molar-refractivity contribution in [2.45, 2.75) is 13.8 Å². The molecule has 0 saturated heterocycles. The molecule has 0 aliphatic heterocycles. The molecular weight excluding hydrogens is 258 g/mol. The number of nitrogens with zero attached hydrogens (tertiary/aromatic N) is 1. The highest BCUT2D eigenvalue weighted by molar-refractivity contribution is 5.96. The number of hydrogen-bond donors (Lipinski definition) is 2. The van der Waals surface area contributed by atoms with Gasteiger partial charge < -0.3 is 10.2 Å². The molecule has 2 rings (SSSR count). The van der Waals surface area contributed by atoms with Crippen LogP contribution in [0.4, 0.5) is 0 Å². The molecule has 0 aliphatic carbocycles. The van der Waals surface area contributed by atoms with E-state index in [0.29, 0.717) is 11.4 Å². The monoisotopic (exact) mass is 273 g/mol. The number of phenols is 2. The van der Waals surface area contributed by atoms with Gasteiger partial charge in [0.2, 0.25) is 0 Å². The summed E-state index contributed by atoms with van der Waals surface area (Å²) in [7, 11) is 0. The number of rotatable bonds is 2. The van der Waals surface area contributed by atoms with Crippen LogP contribution in [0, 0.1) is 0 Å². The number of aromatic hydroxyl groups is 2. The Kier molecular flexibility index (Phi) is 5.41. The lowest BCUT2D eigenvalue weighted by atomic mass is 10.2. The minimum atomic E-state index is -0.127. The van der Waals surface area contributed by atoms with E-state index >= 15 is 0 Å². The zero-order chi connectivity index (χ0) is 15.1. The number of Topliss-reactive ketones (excluding diaryl/α,β-unsaturated/α-hetero) is 2. The van der Waals surface area contributed by atoms with Crippen LogP contribution in [0.2, 0.25) is 0 Å². The zero-order valence-electron chi connectivity index (χ0n) is 11.2. The molecule has 0 saturated carbocycles. The van der Waals surface area contributed by atoms with E-state index in [-0.39, 0.29) is 23.1 Å². The molecule has 1 heterocycles. The Hall–Kier alpha value is -2.69. The molecule has 2 aromatic rings. The molecule has 5 heteroatoms. The van der Waals surface area contributed by atoms with Gasteiger partial charge in [0.05, 0.1) is 0 Å². The molecule has 104 valence electrons. The molecule has 2 N–H and O–H groups in total. The second-order valence-electron chi connectivity index (χ2n) is 4.04. The van der Waals surface area contributed by atoms with Gasteiger partial charge in [-0.25, -0.2) is 4.98 Å². The van der Waals surface area contributed by atoms with Crippen LogP contribution in [0.1, 0.15) is 34.8 Å². The minimum absolute atomic E-state index is 0.0880. The maximum absolute atomic E-state index is 10.8. The molecule has 0 amide bonds. The lowest BCUT2D eigenvalue weighted by molar-refractivity contribution is 0.101. The van der Waals surface area contributed by atoms with Gasteiger partial charge in [-0.3, -0.25) is 9.59 Å². The van der Waals surface area contributed by atoms with E-state index < -0.39 is 0 Å². The summed E-state index contributed by atoms with van der Waals surface area (Å²) in [5, 5.41) is 17.3. The summed E-state index contributed by atoms with van der Waals surface area (Å²) in [5.74, 6) is -0.0776. The van der Waals surface area contributed by atoms with Gasteiger partial charge in [0.25, 0.3) is 0 Å². The Bertz CT molecular complexity index is 576. The molecule has 0 bridgehead atoms. The van der Waals surface area contributed by atoms with Crippen LogP contribution >= 0.6 is 0 Å². The van der Waals surface area contributed by atoms with E-state index in [0.717, 1.165) is 0 Å². The average molecular weight is 273 g/mol. The number of carbonyl (C=O) groups excluding carboxylic acids is 2. The van der Waals surface area contributed by atoms with Gasteiger partial charge in [-0.1, -0.05) is 12.1 Å². The van der Waals surface area contributed by atoms with Crippen LogP contribution in [-0.4, -0.2) is 26.8 Å². The Morgan fingerprint density at radius 1 is 0.850 bits per heavy atom. The van der Waals surface area contributed by atoms with Crippen LogP contribution in [0.3, 0.4) is 0 Å². The number of aromatic nitrogens is 1. The first kappa shape index (κ1) is 15.4. The van der Waals surface area contributed by atoms with Crippen molar-refractivity contribution in [2.75, 3.05) is 0 Å². The fourth-order valence-corrected chi connectivity index (χ4v) is 1.32. The SMILES string of the molecule is CC(=O)c1cccc(C(C)=O)n1.Oc1cccc(O)c1. The summed E-state index contributed by atoms with van der Waals surface area (Å²) >= 11 is 0. The van der Waals surface area contributed by atoms with E-state index in [9.17, 15) is 9.59 Å². The number of phenolic OH excluding ortho intramolecular Hbond substituents is 2. The number of pyridine rings is 1. The fraction of sp³-hybridized carbons (Fsp3) is 0.133. The van der Waals surface area contributed by atoms with Gasteiger partial charge in [-0.2, -0.15) is 0 Å². The molecule has 0 aliphatic rings. The molecular formula is C15H15NO4. The van der Waals surface area contributed by atoms with Crippen molar-refractivity contribution in [3.63, 3.8) is 0 Å². The molecule has 1 aromatic carbocycles. The molecule has 0 atom stereocenters. The van der Waals surface area contributed by atoms with Gasteiger partial charge in [-0.15, -0.1) is 0 Å². The zero-order valence-corrected chi connectivity index (χ0v) is 11.2. The molecule has 0 radical (unpaired) electrons. The van der Waals surface area contributed by atoms with Crippen molar-refractivity contribution < 1.29 is 19.8 Å². The van der Waals surface area contributed by atoms with Gasteiger partial charge in [-0.05, 0) is 24.3 Å². The largest absolute Gasteiger partial charge is 0.508 e. The lowest BCUT2D eigenvalue weighted by Crippen LogP contribution is -2.02. The number of hydrogen-bond acceptors (Lipinski definition) is 5. The first-order chi connectivity index (χ1) is 9.40. The van der Waals surface area contributed by atoms with E-state index in [1.807, 2.05) is 0 Å². The van der Waals surface area contributed by atoms with Crippen LogP contribution in [0.5, 0.6) is 11.5 Å². The molecule has 1 aromatic heterocycles. The summed E-state index contributed by atoms with van der Waals surface area (Å²) in [5.41, 5.74) is 0.672. The molecule has 0 fully saturated rings. The molecule has 0 unspecified atom stereocenters. The lowest BCUT2D eigenvalue weighted by Gasteiger charge is -1.96. The molecule has 20 heavy (non-hydrogen) atoms. The maximum Gasteiger partial charge on any atom is 0.178 e. The van der Waals surface area contributed by atoms with Gasteiger partial charge >= 0.3 is 0 Å². The van der Waals surface area contributed by atoms with E-state index in [4.69, 9.17) is 10.2 Å². The topological polar surface area (TPSA) is 87.5 Å². The van der Waals surface area contributed by atoms with Crippen molar-refractivity contribution in [3.05, 3.63) is 53.9 Å². The molecule has 0 spiro atoms. The standard InChI is InChI=1S/C9H9NO2.C6H6O2/c1-6(11)8-4-3-5-9(10-8)7(2)12;7-5-2-1-3-6(8)4-5/h3-5H,1-2H3;1-4,7-8H. The third kappa shape index (κ3) is 4.89. The first-order valence-corrected chi connectivity index (χ1v) is 5.87. The van der Waals surface area contributed by atoms with Crippen LogP contribution in [0.15, 0.2) is 42.5 Å². The van der Waals surface area contributed by atoms with E-state index in [2.05, 4.69) is 4.98 Å². The predicted molar refractivity (Wildman–Crippen MR) is 74.0 cm³/mol. The number of carbonyl (C=O) groups is 2. The van der Waals surface area contributed by atoms with E-state index in [1.165, 1.54) is 32.0 Å². The smallest absolute Gasteiger partial charge is 0.178 e. The average Bonchev–Trinajstić information content (AvgIpc) is 2.39. The summed E-state index contributed by atoms with van der Waals surface area (Å²) in [6, 6.07) is 10.7. The van der Waals surface area contributed by atoms with Gasteiger partial charge in [0.15, 0.2) is 11.6 Å². The van der Waals surface area contributed by atoms with Crippen molar-refractivity contribution in [1.82, 2.24) is 4.98 Å². The predicted octanol–water partition coefficient (Wildman–Crippen LogP) is 2.58. The summed E-state index contributed by atoms with van der Waals surface area (Å²) in [6.45, 7) is 2.85. The summed E-state index contributed by atoms with van der Waals surface area (Å²) in [6.07, 6.45) is 0. The third-order valence-corrected chi connectivity index (χ3v) is 2.30. The third-order valence-electron chi connectivity index (χ3n) is 2.30. The second kappa shape index (κ2) is 7.04. The van der Waals surface area contributed by atoms with E-state index in [1.54, 1.807) is 24.3 Å².